The van der Waals surface area contributed by atoms with Gasteiger partial charge in [-0.25, -0.2) is 9.97 Å². The van der Waals surface area contributed by atoms with Gasteiger partial charge >= 0.3 is 0 Å². The van der Waals surface area contributed by atoms with Gasteiger partial charge in [-0.15, -0.1) is 24.0 Å². The van der Waals surface area contributed by atoms with Crippen molar-refractivity contribution in [2.75, 3.05) is 75.3 Å². The zero-order valence-corrected chi connectivity index (χ0v) is 18.7. The number of guanidine groups is 1. The summed E-state index contributed by atoms with van der Waals surface area (Å²) in [6.07, 6.45) is 3.61. The highest BCUT2D eigenvalue weighted by Gasteiger charge is 2.21. The third-order valence-electron chi connectivity index (χ3n) is 4.53. The lowest BCUT2D eigenvalue weighted by Gasteiger charge is -2.36. The lowest BCUT2D eigenvalue weighted by atomic mass is 10.3. The van der Waals surface area contributed by atoms with Gasteiger partial charge in [-0.05, 0) is 13.0 Å². The van der Waals surface area contributed by atoms with Crippen LogP contribution in [0.4, 0.5) is 5.95 Å². The van der Waals surface area contributed by atoms with Crippen LogP contribution in [0.15, 0.2) is 23.5 Å². The quantitative estimate of drug-likeness (QED) is 0.378. The second-order valence-electron chi connectivity index (χ2n) is 6.21. The number of rotatable bonds is 5. The maximum atomic E-state index is 4.86. The first-order valence-electron chi connectivity index (χ1n) is 9.22. The Balaban J connectivity index is 0.00000243. The molecular formula is C17H30IN7S. The summed E-state index contributed by atoms with van der Waals surface area (Å²) >= 11 is 2.05. The van der Waals surface area contributed by atoms with Crippen molar-refractivity contribution < 1.29 is 0 Å². The van der Waals surface area contributed by atoms with Crippen molar-refractivity contribution in [2.45, 2.75) is 6.92 Å². The molecule has 0 radical (unpaired) electrons. The number of nitrogens with zero attached hydrogens (tertiary/aromatic N) is 6. The van der Waals surface area contributed by atoms with E-state index in [4.69, 9.17) is 4.99 Å². The third kappa shape index (κ3) is 6.41. The van der Waals surface area contributed by atoms with Gasteiger partial charge < -0.3 is 15.1 Å². The standard InChI is InChI=1S/C17H29N7S.HI/c1-2-18-16(21-6-7-22-12-14-25-15-13-22)23-8-10-24(11-9-23)17-19-4-3-5-20-17;/h3-5H,2,6-15H2,1H3,(H,18,21);1H. The van der Waals surface area contributed by atoms with E-state index in [1.54, 1.807) is 12.4 Å². The molecule has 0 atom stereocenters. The first-order chi connectivity index (χ1) is 12.4. The number of anilines is 1. The van der Waals surface area contributed by atoms with Gasteiger partial charge in [0.15, 0.2) is 5.96 Å². The molecule has 0 amide bonds. The minimum atomic E-state index is 0. The highest BCUT2D eigenvalue weighted by molar-refractivity contribution is 14.0. The summed E-state index contributed by atoms with van der Waals surface area (Å²) < 4.78 is 0. The van der Waals surface area contributed by atoms with Crippen LogP contribution in [0.2, 0.25) is 0 Å². The molecule has 9 heteroatoms. The molecule has 0 aliphatic carbocycles. The lowest BCUT2D eigenvalue weighted by Crippen LogP contribution is -2.53. The van der Waals surface area contributed by atoms with Gasteiger partial charge in [0.05, 0.1) is 6.54 Å². The highest BCUT2D eigenvalue weighted by Crippen LogP contribution is 2.10. The second-order valence-corrected chi connectivity index (χ2v) is 7.44. The van der Waals surface area contributed by atoms with Crippen LogP contribution in [-0.2, 0) is 0 Å². The van der Waals surface area contributed by atoms with Gasteiger partial charge in [0.25, 0.3) is 0 Å². The van der Waals surface area contributed by atoms with Crippen molar-refractivity contribution in [3.8, 4) is 0 Å². The molecule has 2 aliphatic heterocycles. The first-order valence-corrected chi connectivity index (χ1v) is 10.4. The molecule has 0 unspecified atom stereocenters. The van der Waals surface area contributed by atoms with Gasteiger partial charge in [0, 0.05) is 76.3 Å². The van der Waals surface area contributed by atoms with E-state index in [1.165, 1.54) is 24.6 Å². The molecule has 7 nitrogen and oxygen atoms in total. The van der Waals surface area contributed by atoms with Crippen LogP contribution >= 0.6 is 35.7 Å². The molecule has 3 rings (SSSR count). The molecule has 0 bridgehead atoms. The Labute approximate surface area is 178 Å². The third-order valence-corrected chi connectivity index (χ3v) is 5.47. The van der Waals surface area contributed by atoms with Crippen molar-refractivity contribution in [3.05, 3.63) is 18.5 Å². The number of halogens is 1. The molecule has 0 aromatic carbocycles. The number of hydrogen-bond acceptors (Lipinski definition) is 6. The predicted molar refractivity (Wildman–Crippen MR) is 121 cm³/mol. The van der Waals surface area contributed by atoms with Gasteiger partial charge in [-0.1, -0.05) is 0 Å². The van der Waals surface area contributed by atoms with E-state index >= 15 is 0 Å². The second kappa shape index (κ2) is 11.8. The number of aliphatic imine (C=N–C) groups is 1. The monoisotopic (exact) mass is 491 g/mol. The van der Waals surface area contributed by atoms with E-state index < -0.39 is 0 Å². The molecule has 3 heterocycles. The molecule has 0 spiro atoms. The average Bonchev–Trinajstić information content (AvgIpc) is 2.69. The Kier molecular flexibility index (Phi) is 9.76. The zero-order valence-electron chi connectivity index (χ0n) is 15.5. The Morgan fingerprint density at radius 1 is 1.12 bits per heavy atom. The van der Waals surface area contributed by atoms with E-state index in [0.717, 1.165) is 57.7 Å². The van der Waals surface area contributed by atoms with Crippen molar-refractivity contribution in [3.63, 3.8) is 0 Å². The summed E-state index contributed by atoms with van der Waals surface area (Å²) in [4.78, 5) is 20.7. The van der Waals surface area contributed by atoms with Crippen molar-refractivity contribution in [1.29, 1.82) is 0 Å². The van der Waals surface area contributed by atoms with Crippen LogP contribution in [0.3, 0.4) is 0 Å². The van der Waals surface area contributed by atoms with E-state index in [0.29, 0.717) is 0 Å². The highest BCUT2D eigenvalue weighted by atomic mass is 127. The minimum Gasteiger partial charge on any atom is -0.357 e. The van der Waals surface area contributed by atoms with Gasteiger partial charge in [-0.3, -0.25) is 9.89 Å². The predicted octanol–water partition coefficient (Wildman–Crippen LogP) is 1.23. The van der Waals surface area contributed by atoms with Crippen LogP contribution in [0, 0.1) is 0 Å². The molecule has 1 aromatic rings. The Bertz CT molecular complexity index is 531. The largest absolute Gasteiger partial charge is 0.357 e. The maximum absolute atomic E-state index is 4.86. The smallest absolute Gasteiger partial charge is 0.225 e. The molecule has 2 fully saturated rings. The molecule has 1 N–H and O–H groups in total. The summed E-state index contributed by atoms with van der Waals surface area (Å²) in [5.74, 6) is 4.38. The van der Waals surface area contributed by atoms with Crippen LogP contribution in [0.5, 0.6) is 0 Å². The molecule has 146 valence electrons. The van der Waals surface area contributed by atoms with E-state index in [2.05, 4.69) is 48.7 Å². The fourth-order valence-electron chi connectivity index (χ4n) is 3.12. The normalized spacial score (nSPS) is 19.2. The molecular weight excluding hydrogens is 461 g/mol. The van der Waals surface area contributed by atoms with Crippen molar-refractivity contribution >= 4 is 47.6 Å². The number of nitrogens with one attached hydrogen (secondary N) is 1. The van der Waals surface area contributed by atoms with Crippen LogP contribution in [0.1, 0.15) is 6.92 Å². The van der Waals surface area contributed by atoms with Crippen LogP contribution < -0.4 is 10.2 Å². The zero-order chi connectivity index (χ0) is 17.3. The minimum absolute atomic E-state index is 0. The Hall–Kier alpha value is -0.810. The molecule has 1 aromatic heterocycles. The SMILES string of the molecule is CCNC(=NCCN1CCSCC1)N1CCN(c2ncccn2)CC1.I. The van der Waals surface area contributed by atoms with E-state index in [-0.39, 0.29) is 24.0 Å². The summed E-state index contributed by atoms with van der Waals surface area (Å²) in [5.41, 5.74) is 0. The maximum Gasteiger partial charge on any atom is 0.225 e. The molecule has 2 saturated heterocycles. The van der Waals surface area contributed by atoms with E-state index in [9.17, 15) is 0 Å². The molecule has 26 heavy (non-hydrogen) atoms. The van der Waals surface area contributed by atoms with Crippen molar-refractivity contribution in [1.82, 2.24) is 25.1 Å². The summed E-state index contributed by atoms with van der Waals surface area (Å²) in [6, 6.07) is 1.86. The fraction of sp³-hybridized carbons (Fsp3) is 0.706. The number of piperazine rings is 1. The molecule has 0 saturated carbocycles. The molecule has 2 aliphatic rings. The van der Waals surface area contributed by atoms with Crippen LogP contribution in [0.25, 0.3) is 0 Å². The first kappa shape index (κ1) is 21.5. The number of aromatic nitrogens is 2. The fourth-order valence-corrected chi connectivity index (χ4v) is 4.10. The number of thioether (sulfide) groups is 1. The number of hydrogen-bond donors (Lipinski definition) is 1. The summed E-state index contributed by atoms with van der Waals surface area (Å²) in [5, 5.41) is 3.45. The van der Waals surface area contributed by atoms with Gasteiger partial charge in [-0.2, -0.15) is 11.8 Å². The topological polar surface area (TPSA) is 59.9 Å². The summed E-state index contributed by atoms with van der Waals surface area (Å²) in [6.45, 7) is 11.1. The van der Waals surface area contributed by atoms with Crippen molar-refractivity contribution in [2.24, 2.45) is 4.99 Å². The van der Waals surface area contributed by atoms with Crippen LogP contribution in [-0.4, -0.2) is 96.1 Å². The van der Waals surface area contributed by atoms with Gasteiger partial charge in [0.1, 0.15) is 0 Å². The Morgan fingerprint density at radius 3 is 2.46 bits per heavy atom. The van der Waals surface area contributed by atoms with E-state index in [1.807, 2.05) is 6.07 Å². The lowest BCUT2D eigenvalue weighted by molar-refractivity contribution is 0.309. The van der Waals surface area contributed by atoms with Gasteiger partial charge in [0.2, 0.25) is 5.95 Å². The Morgan fingerprint density at radius 2 is 1.81 bits per heavy atom. The summed E-state index contributed by atoms with van der Waals surface area (Å²) in [7, 11) is 0. The average molecular weight is 491 g/mol.